The largest absolute Gasteiger partial charge is 0.493 e. The van der Waals surface area contributed by atoms with Gasteiger partial charge in [0.2, 0.25) is 0 Å². The standard InChI is InChI=1S/C21H24Cl2N2O3/c1-3-28-20-18(23)12-16(13-19(20)27-2)21(26)25-10-8-24(9-11-25)14-15-4-6-17(22)7-5-15/h4-7,12-13H,3,8-11,14H2,1-2H3. The predicted molar refractivity (Wildman–Crippen MR) is 112 cm³/mol. The number of ether oxygens (including phenoxy) is 2. The summed E-state index contributed by atoms with van der Waals surface area (Å²) in [5.74, 6) is 0.893. The Hall–Kier alpha value is -1.95. The van der Waals surface area contributed by atoms with Gasteiger partial charge in [-0.25, -0.2) is 0 Å². The number of benzene rings is 2. The molecule has 1 heterocycles. The Morgan fingerprint density at radius 3 is 2.36 bits per heavy atom. The van der Waals surface area contributed by atoms with Crippen LogP contribution in [0.4, 0.5) is 0 Å². The molecule has 0 atom stereocenters. The van der Waals surface area contributed by atoms with Crippen molar-refractivity contribution < 1.29 is 14.3 Å². The maximum atomic E-state index is 12.9. The summed E-state index contributed by atoms with van der Waals surface area (Å²) in [7, 11) is 1.54. The van der Waals surface area contributed by atoms with Gasteiger partial charge in [0.15, 0.2) is 11.5 Å². The van der Waals surface area contributed by atoms with E-state index in [9.17, 15) is 4.79 Å². The van der Waals surface area contributed by atoms with Gasteiger partial charge in [-0.05, 0) is 36.8 Å². The normalized spacial score (nSPS) is 14.8. The zero-order valence-electron chi connectivity index (χ0n) is 16.1. The maximum absolute atomic E-state index is 12.9. The van der Waals surface area contributed by atoms with Crippen molar-refractivity contribution >= 4 is 29.1 Å². The summed E-state index contributed by atoms with van der Waals surface area (Å²) in [5, 5.41) is 1.12. The van der Waals surface area contributed by atoms with Crippen molar-refractivity contribution in [3.63, 3.8) is 0 Å². The lowest BCUT2D eigenvalue weighted by Crippen LogP contribution is -2.48. The average molecular weight is 423 g/mol. The third-order valence-electron chi connectivity index (χ3n) is 4.74. The molecule has 1 aliphatic heterocycles. The Kier molecular flexibility index (Phi) is 7.05. The molecule has 1 amide bonds. The number of amides is 1. The van der Waals surface area contributed by atoms with Crippen molar-refractivity contribution in [2.45, 2.75) is 13.5 Å². The molecule has 7 heteroatoms. The number of rotatable bonds is 6. The SMILES string of the molecule is CCOc1c(Cl)cc(C(=O)N2CCN(Cc3ccc(Cl)cc3)CC2)cc1OC. The first-order valence-corrected chi connectivity index (χ1v) is 10.0. The molecule has 0 aromatic heterocycles. The molecule has 0 saturated carbocycles. The summed E-state index contributed by atoms with van der Waals surface area (Å²) in [6.07, 6.45) is 0. The Balaban J connectivity index is 1.63. The first kappa shape index (κ1) is 20.8. The van der Waals surface area contributed by atoms with Gasteiger partial charge in [-0.2, -0.15) is 0 Å². The summed E-state index contributed by atoms with van der Waals surface area (Å²) in [6, 6.07) is 11.2. The smallest absolute Gasteiger partial charge is 0.254 e. The molecule has 0 aliphatic carbocycles. The molecule has 1 aliphatic rings. The number of hydrogen-bond acceptors (Lipinski definition) is 4. The Morgan fingerprint density at radius 1 is 1.07 bits per heavy atom. The topological polar surface area (TPSA) is 42.0 Å². The van der Waals surface area contributed by atoms with Crippen LogP contribution in [-0.4, -0.2) is 55.6 Å². The highest BCUT2D eigenvalue weighted by atomic mass is 35.5. The highest BCUT2D eigenvalue weighted by Gasteiger charge is 2.24. The molecule has 5 nitrogen and oxygen atoms in total. The summed E-state index contributed by atoms with van der Waals surface area (Å²) in [6.45, 7) is 6.16. The molecule has 2 aromatic carbocycles. The van der Waals surface area contributed by atoms with E-state index in [1.54, 1.807) is 12.1 Å². The van der Waals surface area contributed by atoms with Gasteiger partial charge in [-0.15, -0.1) is 0 Å². The van der Waals surface area contributed by atoms with Crippen molar-refractivity contribution in [2.24, 2.45) is 0 Å². The Labute approximate surface area is 175 Å². The summed E-state index contributed by atoms with van der Waals surface area (Å²) >= 11 is 12.2. The van der Waals surface area contributed by atoms with Crippen LogP contribution in [-0.2, 0) is 6.54 Å². The van der Waals surface area contributed by atoms with Crippen molar-refractivity contribution in [2.75, 3.05) is 39.9 Å². The number of nitrogens with zero attached hydrogens (tertiary/aromatic N) is 2. The zero-order chi connectivity index (χ0) is 20.1. The van der Waals surface area contributed by atoms with E-state index in [0.717, 1.165) is 24.7 Å². The third-order valence-corrected chi connectivity index (χ3v) is 5.28. The van der Waals surface area contributed by atoms with Crippen molar-refractivity contribution in [1.82, 2.24) is 9.80 Å². The number of piperazine rings is 1. The zero-order valence-corrected chi connectivity index (χ0v) is 17.6. The quantitative estimate of drug-likeness (QED) is 0.693. The fraction of sp³-hybridized carbons (Fsp3) is 0.381. The molecule has 0 radical (unpaired) electrons. The van der Waals surface area contributed by atoms with Crippen LogP contribution in [0.25, 0.3) is 0 Å². The highest BCUT2D eigenvalue weighted by Crippen LogP contribution is 2.36. The van der Waals surface area contributed by atoms with E-state index in [-0.39, 0.29) is 5.91 Å². The number of hydrogen-bond donors (Lipinski definition) is 0. The first-order chi connectivity index (χ1) is 13.5. The lowest BCUT2D eigenvalue weighted by atomic mass is 10.1. The molecule has 28 heavy (non-hydrogen) atoms. The second kappa shape index (κ2) is 9.50. The lowest BCUT2D eigenvalue weighted by molar-refractivity contribution is 0.0628. The van der Waals surface area contributed by atoms with Gasteiger partial charge in [0, 0.05) is 43.3 Å². The minimum Gasteiger partial charge on any atom is -0.493 e. The third kappa shape index (κ3) is 4.90. The average Bonchev–Trinajstić information content (AvgIpc) is 2.71. The highest BCUT2D eigenvalue weighted by molar-refractivity contribution is 6.32. The number of carbonyl (C=O) groups excluding carboxylic acids is 1. The molecular formula is C21H24Cl2N2O3. The van der Waals surface area contributed by atoms with Crippen LogP contribution in [0.5, 0.6) is 11.5 Å². The van der Waals surface area contributed by atoms with Gasteiger partial charge >= 0.3 is 0 Å². The number of carbonyl (C=O) groups is 1. The molecule has 150 valence electrons. The minimum atomic E-state index is -0.0469. The van der Waals surface area contributed by atoms with E-state index in [1.807, 2.05) is 36.1 Å². The lowest BCUT2D eigenvalue weighted by Gasteiger charge is -2.35. The van der Waals surface area contributed by atoms with Crippen molar-refractivity contribution in [3.8, 4) is 11.5 Å². The van der Waals surface area contributed by atoms with Gasteiger partial charge in [0.05, 0.1) is 18.7 Å². The molecule has 0 bridgehead atoms. The summed E-state index contributed by atoms with van der Waals surface area (Å²) in [5.41, 5.74) is 1.73. The fourth-order valence-electron chi connectivity index (χ4n) is 3.27. The molecule has 2 aromatic rings. The minimum absolute atomic E-state index is 0.0469. The molecule has 3 rings (SSSR count). The van der Waals surface area contributed by atoms with Crippen LogP contribution in [0.15, 0.2) is 36.4 Å². The van der Waals surface area contributed by atoms with Crippen LogP contribution < -0.4 is 9.47 Å². The van der Waals surface area contributed by atoms with E-state index in [0.29, 0.717) is 41.8 Å². The van der Waals surface area contributed by atoms with Gasteiger partial charge in [-0.3, -0.25) is 9.69 Å². The number of methoxy groups -OCH3 is 1. The Morgan fingerprint density at radius 2 is 1.75 bits per heavy atom. The van der Waals surface area contributed by atoms with E-state index < -0.39 is 0 Å². The second-order valence-electron chi connectivity index (χ2n) is 6.62. The van der Waals surface area contributed by atoms with Crippen molar-refractivity contribution in [3.05, 3.63) is 57.6 Å². The fourth-order valence-corrected chi connectivity index (χ4v) is 3.66. The number of halogens is 2. The Bertz CT molecular complexity index is 819. The van der Waals surface area contributed by atoms with Gasteiger partial charge in [0.25, 0.3) is 5.91 Å². The molecule has 0 N–H and O–H groups in total. The van der Waals surface area contributed by atoms with Crippen LogP contribution >= 0.6 is 23.2 Å². The summed E-state index contributed by atoms with van der Waals surface area (Å²) in [4.78, 5) is 17.1. The first-order valence-electron chi connectivity index (χ1n) is 9.28. The van der Waals surface area contributed by atoms with Crippen LogP contribution in [0, 0.1) is 0 Å². The van der Waals surface area contributed by atoms with Crippen molar-refractivity contribution in [1.29, 1.82) is 0 Å². The maximum Gasteiger partial charge on any atom is 0.254 e. The predicted octanol–water partition coefficient (Wildman–Crippen LogP) is 4.36. The van der Waals surface area contributed by atoms with Gasteiger partial charge in [-0.1, -0.05) is 35.3 Å². The molecule has 1 fully saturated rings. The monoisotopic (exact) mass is 422 g/mol. The van der Waals surface area contributed by atoms with Gasteiger partial charge in [0.1, 0.15) is 0 Å². The van der Waals surface area contributed by atoms with E-state index in [2.05, 4.69) is 4.90 Å². The van der Waals surface area contributed by atoms with E-state index in [1.165, 1.54) is 12.7 Å². The second-order valence-corrected chi connectivity index (χ2v) is 7.46. The molecule has 1 saturated heterocycles. The van der Waals surface area contributed by atoms with E-state index in [4.69, 9.17) is 32.7 Å². The molecular weight excluding hydrogens is 399 g/mol. The van der Waals surface area contributed by atoms with Gasteiger partial charge < -0.3 is 14.4 Å². The summed E-state index contributed by atoms with van der Waals surface area (Å²) < 4.78 is 10.9. The molecule has 0 spiro atoms. The molecule has 0 unspecified atom stereocenters. The van der Waals surface area contributed by atoms with Crippen LogP contribution in [0.3, 0.4) is 0 Å². The van der Waals surface area contributed by atoms with E-state index >= 15 is 0 Å². The van der Waals surface area contributed by atoms with Crippen LogP contribution in [0.2, 0.25) is 10.0 Å². The van der Waals surface area contributed by atoms with Crippen LogP contribution in [0.1, 0.15) is 22.8 Å².